The predicted molar refractivity (Wildman–Crippen MR) is 122 cm³/mol. The molecule has 34 heavy (non-hydrogen) atoms. The summed E-state index contributed by atoms with van der Waals surface area (Å²) in [6, 6.07) is 16.8. The van der Waals surface area contributed by atoms with Crippen LogP contribution in [0.1, 0.15) is 46.3 Å². The summed E-state index contributed by atoms with van der Waals surface area (Å²) in [5, 5.41) is 9.35. The maximum absolute atomic E-state index is 13.9. The smallest absolute Gasteiger partial charge is 0.358 e. The molecule has 1 fully saturated rings. The van der Waals surface area contributed by atoms with Gasteiger partial charge in [-0.25, -0.2) is 18.6 Å². The Morgan fingerprint density at radius 3 is 2.44 bits per heavy atom. The first kappa shape index (κ1) is 23.8. The van der Waals surface area contributed by atoms with Crippen molar-refractivity contribution in [3.8, 4) is 5.75 Å². The lowest BCUT2D eigenvalue weighted by Gasteiger charge is -2.34. The number of pyridine rings is 1. The van der Waals surface area contributed by atoms with Gasteiger partial charge in [-0.1, -0.05) is 36.4 Å². The first-order valence-electron chi connectivity index (χ1n) is 11.1. The van der Waals surface area contributed by atoms with Gasteiger partial charge in [0.1, 0.15) is 6.10 Å². The zero-order valence-electron chi connectivity index (χ0n) is 18.8. The summed E-state index contributed by atoms with van der Waals surface area (Å²) in [6.07, 6.45) is 0.923. The SMILES string of the molecule is COc1ccc(CN2CCC(OC(c3ccccc3)c3ccc(F)c(F)c3)CC2)nc1C(=O)O. The lowest BCUT2D eigenvalue weighted by atomic mass is 9.99. The van der Waals surface area contributed by atoms with Crippen LogP contribution >= 0.6 is 0 Å². The third-order valence-corrected chi connectivity index (χ3v) is 5.94. The molecule has 1 saturated heterocycles. The molecule has 0 amide bonds. The Hall–Kier alpha value is -3.36. The molecule has 1 N–H and O–H groups in total. The summed E-state index contributed by atoms with van der Waals surface area (Å²) in [5.41, 5.74) is 1.99. The topological polar surface area (TPSA) is 71.9 Å². The number of piperidine rings is 1. The van der Waals surface area contributed by atoms with Crippen molar-refractivity contribution < 1.29 is 28.2 Å². The van der Waals surface area contributed by atoms with Gasteiger partial charge in [-0.05, 0) is 48.2 Å². The normalized spacial score (nSPS) is 15.7. The molecule has 178 valence electrons. The standard InChI is InChI=1S/C26H26F2N2O4/c1-33-23-10-8-19(29-24(23)26(31)32)16-30-13-11-20(12-14-30)34-25(17-5-3-2-4-6-17)18-7-9-21(27)22(28)15-18/h2-10,15,20,25H,11-14,16H2,1H3,(H,31,32). The minimum atomic E-state index is -1.13. The van der Waals surface area contributed by atoms with E-state index in [1.54, 1.807) is 18.2 Å². The van der Waals surface area contributed by atoms with Gasteiger partial charge in [0.25, 0.3) is 0 Å². The second-order valence-electron chi connectivity index (χ2n) is 8.23. The Balaban J connectivity index is 1.42. The fraction of sp³-hybridized carbons (Fsp3) is 0.308. The first-order chi connectivity index (χ1) is 16.4. The van der Waals surface area contributed by atoms with Gasteiger partial charge in [0, 0.05) is 19.6 Å². The number of ether oxygens (including phenoxy) is 2. The number of likely N-dealkylation sites (tertiary alicyclic amines) is 1. The molecule has 0 bridgehead atoms. The first-order valence-corrected chi connectivity index (χ1v) is 11.1. The molecule has 4 rings (SSSR count). The average Bonchev–Trinajstić information content (AvgIpc) is 2.86. The largest absolute Gasteiger partial charge is 0.494 e. The van der Waals surface area contributed by atoms with Crippen LogP contribution in [0.15, 0.2) is 60.7 Å². The van der Waals surface area contributed by atoms with Gasteiger partial charge in [0.2, 0.25) is 0 Å². The van der Waals surface area contributed by atoms with E-state index in [1.807, 2.05) is 30.3 Å². The number of hydrogen-bond acceptors (Lipinski definition) is 5. The maximum atomic E-state index is 13.9. The third-order valence-electron chi connectivity index (χ3n) is 5.94. The molecule has 1 aliphatic rings. The van der Waals surface area contributed by atoms with Crippen LogP contribution in [0.2, 0.25) is 0 Å². The Morgan fingerprint density at radius 1 is 1.06 bits per heavy atom. The Morgan fingerprint density at radius 2 is 1.79 bits per heavy atom. The van der Waals surface area contributed by atoms with Crippen LogP contribution in [0.25, 0.3) is 0 Å². The van der Waals surface area contributed by atoms with Crippen molar-refractivity contribution in [2.45, 2.75) is 31.6 Å². The van der Waals surface area contributed by atoms with E-state index in [0.29, 0.717) is 17.8 Å². The Labute approximate surface area is 196 Å². The molecular formula is C26H26F2N2O4. The van der Waals surface area contributed by atoms with Gasteiger partial charge in [-0.15, -0.1) is 0 Å². The summed E-state index contributed by atoms with van der Waals surface area (Å²) in [7, 11) is 1.41. The number of carboxylic acid groups (broad SMARTS) is 1. The van der Waals surface area contributed by atoms with E-state index in [2.05, 4.69) is 9.88 Å². The van der Waals surface area contributed by atoms with Crippen LogP contribution in [0.4, 0.5) is 8.78 Å². The summed E-state index contributed by atoms with van der Waals surface area (Å²) in [6.45, 7) is 1.99. The van der Waals surface area contributed by atoms with Crippen molar-refractivity contribution in [2.75, 3.05) is 20.2 Å². The number of halogens is 2. The molecule has 1 aliphatic heterocycles. The molecule has 0 aliphatic carbocycles. The van der Waals surface area contributed by atoms with Gasteiger partial charge in [0.05, 0.1) is 18.9 Å². The van der Waals surface area contributed by atoms with Crippen LogP contribution in [0.3, 0.4) is 0 Å². The Bertz CT molecular complexity index is 1130. The van der Waals surface area contributed by atoms with Crippen molar-refractivity contribution in [2.24, 2.45) is 0 Å². The molecule has 2 heterocycles. The van der Waals surface area contributed by atoms with Gasteiger partial charge in [0.15, 0.2) is 23.1 Å². The van der Waals surface area contributed by atoms with E-state index in [9.17, 15) is 18.7 Å². The van der Waals surface area contributed by atoms with Crippen LogP contribution in [0, 0.1) is 11.6 Å². The van der Waals surface area contributed by atoms with E-state index in [1.165, 1.54) is 13.2 Å². The molecule has 8 heteroatoms. The van der Waals surface area contributed by atoms with Crippen molar-refractivity contribution >= 4 is 5.97 Å². The number of carboxylic acids is 1. The number of aromatic nitrogens is 1. The summed E-state index contributed by atoms with van der Waals surface area (Å²) >= 11 is 0. The Kier molecular flexibility index (Phi) is 7.49. The molecule has 1 aromatic heterocycles. The molecule has 0 radical (unpaired) electrons. The highest BCUT2D eigenvalue weighted by Crippen LogP contribution is 2.31. The third kappa shape index (κ3) is 5.58. The van der Waals surface area contributed by atoms with Gasteiger partial charge in [-0.3, -0.25) is 4.90 Å². The number of rotatable bonds is 8. The fourth-order valence-corrected chi connectivity index (χ4v) is 4.17. The van der Waals surface area contributed by atoms with E-state index < -0.39 is 23.7 Å². The lowest BCUT2D eigenvalue weighted by Crippen LogP contribution is -2.37. The monoisotopic (exact) mass is 468 g/mol. The highest BCUT2D eigenvalue weighted by Gasteiger charge is 2.26. The zero-order valence-corrected chi connectivity index (χ0v) is 18.8. The van der Waals surface area contributed by atoms with Crippen molar-refractivity contribution in [3.05, 3.63) is 94.8 Å². The van der Waals surface area contributed by atoms with E-state index >= 15 is 0 Å². The molecule has 0 saturated carbocycles. The molecule has 1 atom stereocenters. The highest BCUT2D eigenvalue weighted by atomic mass is 19.2. The van der Waals surface area contributed by atoms with Crippen molar-refractivity contribution in [1.29, 1.82) is 0 Å². The second-order valence-corrected chi connectivity index (χ2v) is 8.23. The van der Waals surface area contributed by atoms with E-state index in [4.69, 9.17) is 9.47 Å². The molecule has 1 unspecified atom stereocenters. The number of hydrogen-bond donors (Lipinski definition) is 1. The van der Waals surface area contributed by atoms with Crippen LogP contribution < -0.4 is 4.74 Å². The number of carbonyl (C=O) groups is 1. The van der Waals surface area contributed by atoms with Gasteiger partial charge in [-0.2, -0.15) is 0 Å². The van der Waals surface area contributed by atoms with Crippen LogP contribution in [0.5, 0.6) is 5.75 Å². The van der Waals surface area contributed by atoms with Gasteiger partial charge < -0.3 is 14.6 Å². The number of aromatic carboxylic acids is 1. The van der Waals surface area contributed by atoms with Crippen LogP contribution in [-0.2, 0) is 11.3 Å². The zero-order chi connectivity index (χ0) is 24.1. The summed E-state index contributed by atoms with van der Waals surface area (Å²) < 4.78 is 38.9. The van der Waals surface area contributed by atoms with Gasteiger partial charge >= 0.3 is 5.97 Å². The minimum Gasteiger partial charge on any atom is -0.494 e. The number of nitrogens with zero attached hydrogens (tertiary/aromatic N) is 2. The van der Waals surface area contributed by atoms with E-state index in [-0.39, 0.29) is 17.5 Å². The lowest BCUT2D eigenvalue weighted by molar-refractivity contribution is -0.0284. The maximum Gasteiger partial charge on any atom is 0.358 e. The highest BCUT2D eigenvalue weighted by molar-refractivity contribution is 5.88. The quantitative estimate of drug-likeness (QED) is 0.510. The molecule has 6 nitrogen and oxygen atoms in total. The van der Waals surface area contributed by atoms with E-state index in [0.717, 1.165) is 37.6 Å². The second kappa shape index (κ2) is 10.7. The summed E-state index contributed by atoms with van der Waals surface area (Å²) in [5.74, 6) is -2.69. The van der Waals surface area contributed by atoms with Crippen LogP contribution in [-0.4, -0.2) is 47.3 Å². The molecular weight excluding hydrogens is 442 g/mol. The fourth-order valence-electron chi connectivity index (χ4n) is 4.17. The predicted octanol–water partition coefficient (Wildman–Crippen LogP) is 4.84. The minimum absolute atomic E-state index is 0.0621. The van der Waals surface area contributed by atoms with Crippen molar-refractivity contribution in [1.82, 2.24) is 9.88 Å². The number of benzene rings is 2. The number of methoxy groups -OCH3 is 1. The average molecular weight is 469 g/mol. The molecule has 3 aromatic rings. The molecule has 2 aromatic carbocycles. The van der Waals surface area contributed by atoms with Crippen molar-refractivity contribution in [3.63, 3.8) is 0 Å². The summed E-state index contributed by atoms with van der Waals surface area (Å²) in [4.78, 5) is 17.9. The molecule has 0 spiro atoms.